The Morgan fingerprint density at radius 3 is 2.80 bits per heavy atom. The Morgan fingerprint density at radius 1 is 1.50 bits per heavy atom. The molecule has 1 amide bonds. The van der Waals surface area contributed by atoms with E-state index in [9.17, 15) is 13.6 Å². The van der Waals surface area contributed by atoms with Crippen molar-refractivity contribution in [1.82, 2.24) is 25.3 Å². The van der Waals surface area contributed by atoms with Crippen molar-refractivity contribution >= 4 is 5.91 Å². The lowest BCUT2D eigenvalue weighted by molar-refractivity contribution is 0.0560. The molecule has 0 saturated heterocycles. The molecule has 2 aromatic rings. The number of aryl methyl sites for hydroxylation is 2. The number of hydrogen-bond acceptors (Lipinski definition) is 3. The minimum Gasteiger partial charge on any atom is -0.350 e. The van der Waals surface area contributed by atoms with Gasteiger partial charge in [-0.15, -0.1) is 0 Å². The molecule has 2 aromatic heterocycles. The van der Waals surface area contributed by atoms with Gasteiger partial charge in [-0.1, -0.05) is 0 Å². The van der Waals surface area contributed by atoms with E-state index in [0.29, 0.717) is 17.6 Å². The molecule has 0 aliphatic carbocycles. The number of H-pyrrole nitrogens is 1. The number of nitrogens with zero attached hydrogens (tertiary/aromatic N) is 3. The maximum absolute atomic E-state index is 12.3. The summed E-state index contributed by atoms with van der Waals surface area (Å²) < 4.78 is 25.1. The quantitative estimate of drug-likeness (QED) is 0.875. The topological polar surface area (TPSA) is 75.6 Å². The maximum Gasteiger partial charge on any atom is 0.333 e. The Morgan fingerprint density at radius 2 is 2.25 bits per heavy atom. The van der Waals surface area contributed by atoms with Crippen LogP contribution in [0.25, 0.3) is 0 Å². The monoisotopic (exact) mass is 283 g/mol. The first kappa shape index (κ1) is 14.2. The van der Waals surface area contributed by atoms with E-state index < -0.39 is 12.5 Å². The smallest absolute Gasteiger partial charge is 0.333 e. The molecule has 6 nitrogen and oxygen atoms in total. The van der Waals surface area contributed by atoms with Gasteiger partial charge < -0.3 is 5.32 Å². The summed E-state index contributed by atoms with van der Waals surface area (Å²) in [5.41, 5.74) is 2.87. The minimum absolute atomic E-state index is 0.0223. The number of aromatic nitrogens is 4. The third-order valence-electron chi connectivity index (χ3n) is 2.98. The number of halogens is 2. The van der Waals surface area contributed by atoms with Gasteiger partial charge in [-0.3, -0.25) is 9.89 Å². The second kappa shape index (κ2) is 5.81. The molecule has 0 spiro atoms. The van der Waals surface area contributed by atoms with Gasteiger partial charge in [-0.05, 0) is 31.9 Å². The molecule has 2 N–H and O–H groups in total. The van der Waals surface area contributed by atoms with Crippen molar-refractivity contribution in [2.75, 3.05) is 6.54 Å². The van der Waals surface area contributed by atoms with Gasteiger partial charge >= 0.3 is 6.55 Å². The largest absolute Gasteiger partial charge is 0.350 e. The highest BCUT2D eigenvalue weighted by molar-refractivity contribution is 5.92. The average Bonchev–Trinajstić information content (AvgIpc) is 3.00. The third kappa shape index (κ3) is 3.01. The van der Waals surface area contributed by atoms with Crippen LogP contribution in [0.1, 0.15) is 34.0 Å². The van der Waals surface area contributed by atoms with Crippen LogP contribution in [0.15, 0.2) is 12.3 Å². The SMILES string of the molecule is Cc1n[nH]c(C)c1CCNC(=O)c1ccn(C(F)F)n1. The van der Waals surface area contributed by atoms with Crippen molar-refractivity contribution in [2.45, 2.75) is 26.8 Å². The fourth-order valence-electron chi connectivity index (χ4n) is 1.90. The summed E-state index contributed by atoms with van der Waals surface area (Å²) in [6.45, 7) is 1.43. The van der Waals surface area contributed by atoms with Gasteiger partial charge in [0.15, 0.2) is 0 Å². The maximum atomic E-state index is 12.3. The number of carbonyl (C=O) groups excluding carboxylic acids is 1. The van der Waals surface area contributed by atoms with E-state index in [1.165, 1.54) is 6.07 Å². The van der Waals surface area contributed by atoms with Crippen LogP contribution < -0.4 is 5.32 Å². The van der Waals surface area contributed by atoms with Crippen molar-refractivity contribution < 1.29 is 13.6 Å². The first-order valence-corrected chi connectivity index (χ1v) is 6.11. The Kier molecular flexibility index (Phi) is 4.11. The van der Waals surface area contributed by atoms with E-state index in [-0.39, 0.29) is 5.69 Å². The van der Waals surface area contributed by atoms with Gasteiger partial charge in [-0.2, -0.15) is 19.0 Å². The number of alkyl halides is 2. The molecule has 2 heterocycles. The molecule has 0 aliphatic heterocycles. The van der Waals surface area contributed by atoms with Crippen LogP contribution in [0.2, 0.25) is 0 Å². The Hall–Kier alpha value is -2.25. The first-order valence-electron chi connectivity index (χ1n) is 6.11. The standard InChI is InChI=1S/C12H15F2N5O/c1-7-9(8(2)17-16-7)3-5-15-11(20)10-4-6-19(18-10)12(13)14/h4,6,12H,3,5H2,1-2H3,(H,15,20)(H,16,17). The van der Waals surface area contributed by atoms with E-state index in [0.717, 1.165) is 23.1 Å². The van der Waals surface area contributed by atoms with Crippen LogP contribution >= 0.6 is 0 Å². The number of hydrogen-bond donors (Lipinski definition) is 2. The Labute approximate surface area is 114 Å². The molecular formula is C12H15F2N5O. The van der Waals surface area contributed by atoms with Gasteiger partial charge in [0.1, 0.15) is 5.69 Å². The molecule has 0 radical (unpaired) electrons. The summed E-state index contributed by atoms with van der Waals surface area (Å²) in [5, 5.41) is 13.1. The summed E-state index contributed by atoms with van der Waals surface area (Å²) in [4.78, 5) is 11.7. The lowest BCUT2D eigenvalue weighted by Crippen LogP contribution is -2.26. The fraction of sp³-hybridized carbons (Fsp3) is 0.417. The van der Waals surface area contributed by atoms with Crippen molar-refractivity contribution in [3.63, 3.8) is 0 Å². The summed E-state index contributed by atoms with van der Waals surface area (Å²) in [5.74, 6) is -0.469. The molecule has 0 saturated carbocycles. The summed E-state index contributed by atoms with van der Waals surface area (Å²) in [6, 6.07) is 1.26. The predicted octanol–water partition coefficient (Wildman–Crippen LogP) is 1.59. The lowest BCUT2D eigenvalue weighted by Gasteiger charge is -2.04. The van der Waals surface area contributed by atoms with Crippen LogP contribution in [-0.4, -0.2) is 32.4 Å². The normalized spacial score (nSPS) is 11.1. The van der Waals surface area contributed by atoms with Crippen LogP contribution in [-0.2, 0) is 6.42 Å². The van der Waals surface area contributed by atoms with Crippen molar-refractivity contribution in [3.8, 4) is 0 Å². The molecule has 0 atom stereocenters. The molecule has 108 valence electrons. The van der Waals surface area contributed by atoms with Crippen LogP contribution in [0, 0.1) is 13.8 Å². The average molecular weight is 283 g/mol. The molecule has 0 aromatic carbocycles. The van der Waals surface area contributed by atoms with Crippen LogP contribution in [0.5, 0.6) is 0 Å². The summed E-state index contributed by atoms with van der Waals surface area (Å²) in [6.07, 6.45) is 1.69. The molecule has 8 heteroatoms. The van der Waals surface area contributed by atoms with Gasteiger partial charge in [0, 0.05) is 18.4 Å². The third-order valence-corrected chi connectivity index (χ3v) is 2.98. The first-order chi connectivity index (χ1) is 9.49. The van der Waals surface area contributed by atoms with E-state index in [1.54, 1.807) is 0 Å². The van der Waals surface area contributed by atoms with Gasteiger partial charge in [-0.25, -0.2) is 4.68 Å². The molecule has 0 fully saturated rings. The van der Waals surface area contributed by atoms with Crippen molar-refractivity contribution in [3.05, 3.63) is 34.9 Å². The number of amides is 1. The van der Waals surface area contributed by atoms with Crippen LogP contribution in [0.3, 0.4) is 0 Å². The van der Waals surface area contributed by atoms with Crippen molar-refractivity contribution in [2.24, 2.45) is 0 Å². The molecule has 0 unspecified atom stereocenters. The second-order valence-corrected chi connectivity index (χ2v) is 4.38. The highest BCUT2D eigenvalue weighted by atomic mass is 19.3. The van der Waals surface area contributed by atoms with E-state index in [2.05, 4.69) is 20.6 Å². The highest BCUT2D eigenvalue weighted by Gasteiger charge is 2.13. The van der Waals surface area contributed by atoms with Gasteiger partial charge in [0.25, 0.3) is 5.91 Å². The molecule has 0 aliphatic rings. The Bertz CT molecular complexity index is 585. The van der Waals surface area contributed by atoms with Gasteiger partial charge in [0.2, 0.25) is 0 Å². The number of aromatic amines is 1. The zero-order valence-electron chi connectivity index (χ0n) is 11.2. The van der Waals surface area contributed by atoms with E-state index in [4.69, 9.17) is 0 Å². The Balaban J connectivity index is 1.89. The van der Waals surface area contributed by atoms with Crippen LogP contribution in [0.4, 0.5) is 8.78 Å². The predicted molar refractivity (Wildman–Crippen MR) is 67.6 cm³/mol. The molecule has 2 rings (SSSR count). The molecule has 0 bridgehead atoms. The second-order valence-electron chi connectivity index (χ2n) is 4.38. The van der Waals surface area contributed by atoms with Gasteiger partial charge in [0.05, 0.1) is 5.69 Å². The molecular weight excluding hydrogens is 268 g/mol. The highest BCUT2D eigenvalue weighted by Crippen LogP contribution is 2.10. The number of carbonyl (C=O) groups is 1. The zero-order chi connectivity index (χ0) is 14.7. The molecule has 20 heavy (non-hydrogen) atoms. The summed E-state index contributed by atoms with van der Waals surface area (Å²) in [7, 11) is 0. The summed E-state index contributed by atoms with van der Waals surface area (Å²) >= 11 is 0. The number of rotatable bonds is 5. The van der Waals surface area contributed by atoms with E-state index >= 15 is 0 Å². The minimum atomic E-state index is -2.74. The van der Waals surface area contributed by atoms with Crippen molar-refractivity contribution in [1.29, 1.82) is 0 Å². The van der Waals surface area contributed by atoms with E-state index in [1.807, 2.05) is 13.8 Å². The lowest BCUT2D eigenvalue weighted by atomic mass is 10.1. The fourth-order valence-corrected chi connectivity index (χ4v) is 1.90. The zero-order valence-corrected chi connectivity index (χ0v) is 11.2. The number of nitrogens with one attached hydrogen (secondary N) is 2.